The molecule has 18 heavy (non-hydrogen) atoms. The number of carbonyl (C=O) groups is 2. The number of aryl methyl sites for hydroxylation is 2. The summed E-state index contributed by atoms with van der Waals surface area (Å²) < 4.78 is 5.25. The Kier molecular flexibility index (Phi) is 3.79. The maximum absolute atomic E-state index is 12.2. The Morgan fingerprint density at radius 1 is 1.39 bits per heavy atom. The zero-order valence-corrected chi connectivity index (χ0v) is 11.3. The molecule has 0 unspecified atom stereocenters. The Labute approximate surface area is 106 Å². The number of aromatic nitrogens is 1. The van der Waals surface area contributed by atoms with Crippen molar-refractivity contribution < 1.29 is 19.1 Å². The van der Waals surface area contributed by atoms with Gasteiger partial charge in [-0.25, -0.2) is 4.98 Å². The fraction of sp³-hybridized carbons (Fsp3) is 0.583. The van der Waals surface area contributed by atoms with E-state index < -0.39 is 11.5 Å². The van der Waals surface area contributed by atoms with Crippen LogP contribution in [0.4, 0.5) is 0 Å². The number of oxazole rings is 1. The minimum Gasteiger partial charge on any atom is -0.481 e. The van der Waals surface area contributed by atoms with Crippen molar-refractivity contribution in [2.75, 3.05) is 7.05 Å². The van der Waals surface area contributed by atoms with Gasteiger partial charge in [0.05, 0.1) is 12.1 Å². The summed E-state index contributed by atoms with van der Waals surface area (Å²) in [6.45, 7) is 6.73. The van der Waals surface area contributed by atoms with Gasteiger partial charge in [-0.05, 0) is 20.8 Å². The Hall–Kier alpha value is -1.85. The summed E-state index contributed by atoms with van der Waals surface area (Å²) in [6, 6.07) is 0. The topological polar surface area (TPSA) is 83.6 Å². The van der Waals surface area contributed by atoms with Crippen LogP contribution in [0.2, 0.25) is 0 Å². The maximum Gasteiger partial charge on any atom is 0.305 e. The van der Waals surface area contributed by atoms with Crippen LogP contribution < -0.4 is 0 Å². The number of hydrogen-bond acceptors (Lipinski definition) is 4. The second-order valence-electron chi connectivity index (χ2n) is 4.89. The zero-order valence-electron chi connectivity index (χ0n) is 11.3. The third kappa shape index (κ3) is 2.88. The molecule has 1 rings (SSSR count). The first-order valence-electron chi connectivity index (χ1n) is 5.59. The highest BCUT2D eigenvalue weighted by atomic mass is 16.4. The number of hydrogen-bond donors (Lipinski definition) is 1. The number of carboxylic acid groups (broad SMARTS) is 1. The molecule has 1 aromatic rings. The van der Waals surface area contributed by atoms with Crippen molar-refractivity contribution in [3.05, 3.63) is 17.3 Å². The second-order valence-corrected chi connectivity index (χ2v) is 4.89. The van der Waals surface area contributed by atoms with Crippen molar-refractivity contribution in [1.82, 2.24) is 9.88 Å². The predicted octanol–water partition coefficient (Wildman–Crippen LogP) is 1.62. The van der Waals surface area contributed by atoms with Gasteiger partial charge in [-0.2, -0.15) is 0 Å². The van der Waals surface area contributed by atoms with Crippen molar-refractivity contribution in [3.63, 3.8) is 0 Å². The molecule has 1 aromatic heterocycles. The highest BCUT2D eigenvalue weighted by molar-refractivity contribution is 5.93. The van der Waals surface area contributed by atoms with Crippen molar-refractivity contribution in [3.8, 4) is 0 Å². The van der Waals surface area contributed by atoms with Crippen LogP contribution in [0.5, 0.6) is 0 Å². The van der Waals surface area contributed by atoms with Gasteiger partial charge in [0.2, 0.25) is 5.76 Å². The average Bonchev–Trinajstić information content (AvgIpc) is 2.53. The van der Waals surface area contributed by atoms with E-state index in [-0.39, 0.29) is 18.1 Å². The van der Waals surface area contributed by atoms with Crippen LogP contribution in [0.15, 0.2) is 4.42 Å². The molecule has 1 heterocycles. The molecule has 0 saturated heterocycles. The first kappa shape index (κ1) is 14.2. The molecule has 1 N–H and O–H groups in total. The summed E-state index contributed by atoms with van der Waals surface area (Å²) in [5.74, 6) is -0.738. The maximum atomic E-state index is 12.2. The number of nitrogens with zero attached hydrogens (tertiary/aromatic N) is 2. The van der Waals surface area contributed by atoms with Crippen LogP contribution in [-0.4, -0.2) is 39.5 Å². The van der Waals surface area contributed by atoms with Crippen LogP contribution in [0.25, 0.3) is 0 Å². The molecule has 0 bridgehead atoms. The van der Waals surface area contributed by atoms with E-state index in [2.05, 4.69) is 4.98 Å². The van der Waals surface area contributed by atoms with Gasteiger partial charge >= 0.3 is 5.97 Å². The predicted molar refractivity (Wildman–Crippen MR) is 64.4 cm³/mol. The van der Waals surface area contributed by atoms with Crippen molar-refractivity contribution in [2.45, 2.75) is 39.7 Å². The molecular formula is C12H18N2O4. The Bertz CT molecular complexity index is 476. The molecule has 0 aliphatic carbocycles. The van der Waals surface area contributed by atoms with E-state index in [9.17, 15) is 9.59 Å². The summed E-state index contributed by atoms with van der Waals surface area (Å²) in [4.78, 5) is 28.4. The van der Waals surface area contributed by atoms with E-state index in [4.69, 9.17) is 9.52 Å². The molecule has 6 heteroatoms. The van der Waals surface area contributed by atoms with Gasteiger partial charge in [0.25, 0.3) is 5.91 Å². The van der Waals surface area contributed by atoms with Gasteiger partial charge < -0.3 is 14.4 Å². The summed E-state index contributed by atoms with van der Waals surface area (Å²) in [7, 11) is 1.56. The molecular weight excluding hydrogens is 236 g/mol. The molecule has 0 saturated carbocycles. The minimum atomic E-state index is -0.954. The SMILES string of the molecule is Cc1nc(C)c(C(=O)N(C)C(C)(C)CC(=O)O)o1. The smallest absolute Gasteiger partial charge is 0.305 e. The van der Waals surface area contributed by atoms with Gasteiger partial charge in [-0.1, -0.05) is 0 Å². The number of amides is 1. The fourth-order valence-corrected chi connectivity index (χ4v) is 1.65. The number of carboxylic acids is 1. The van der Waals surface area contributed by atoms with E-state index in [1.54, 1.807) is 34.7 Å². The summed E-state index contributed by atoms with van der Waals surface area (Å²) >= 11 is 0. The van der Waals surface area contributed by atoms with Gasteiger partial charge in [0.15, 0.2) is 5.89 Å². The monoisotopic (exact) mass is 254 g/mol. The zero-order chi connectivity index (χ0) is 14.1. The molecule has 0 spiro atoms. The van der Waals surface area contributed by atoms with Crippen LogP contribution in [-0.2, 0) is 4.79 Å². The number of carbonyl (C=O) groups excluding carboxylic acids is 1. The fourth-order valence-electron chi connectivity index (χ4n) is 1.65. The van der Waals surface area contributed by atoms with Crippen molar-refractivity contribution in [1.29, 1.82) is 0 Å². The van der Waals surface area contributed by atoms with Crippen LogP contribution in [0.1, 0.15) is 42.4 Å². The molecule has 0 radical (unpaired) electrons. The van der Waals surface area contributed by atoms with Gasteiger partial charge in [0.1, 0.15) is 0 Å². The normalized spacial score (nSPS) is 11.4. The summed E-state index contributed by atoms with van der Waals surface area (Å²) in [5.41, 5.74) is -0.286. The molecule has 0 aliphatic rings. The standard InChI is InChI=1S/C12H18N2O4/c1-7-10(18-8(2)13-7)11(17)14(5)12(3,4)6-9(15)16/h6H2,1-5H3,(H,15,16). The summed E-state index contributed by atoms with van der Waals surface area (Å²) in [6.07, 6.45) is -0.137. The first-order valence-corrected chi connectivity index (χ1v) is 5.59. The minimum absolute atomic E-state index is 0.137. The van der Waals surface area contributed by atoms with E-state index in [1.165, 1.54) is 4.90 Å². The molecule has 6 nitrogen and oxygen atoms in total. The number of aliphatic carboxylic acids is 1. The lowest BCUT2D eigenvalue weighted by atomic mass is 9.98. The van der Waals surface area contributed by atoms with E-state index in [0.29, 0.717) is 11.6 Å². The molecule has 1 amide bonds. The van der Waals surface area contributed by atoms with Crippen LogP contribution in [0.3, 0.4) is 0 Å². The highest BCUT2D eigenvalue weighted by Gasteiger charge is 2.33. The molecule has 0 fully saturated rings. The van der Waals surface area contributed by atoms with Crippen molar-refractivity contribution in [2.24, 2.45) is 0 Å². The lowest BCUT2D eigenvalue weighted by Gasteiger charge is -2.33. The van der Waals surface area contributed by atoms with E-state index in [0.717, 1.165) is 0 Å². The van der Waals surface area contributed by atoms with Crippen LogP contribution in [0, 0.1) is 13.8 Å². The summed E-state index contributed by atoms with van der Waals surface area (Å²) in [5, 5.41) is 8.84. The van der Waals surface area contributed by atoms with E-state index >= 15 is 0 Å². The van der Waals surface area contributed by atoms with Crippen molar-refractivity contribution >= 4 is 11.9 Å². The Balaban J connectivity index is 2.97. The Morgan fingerprint density at radius 2 is 1.94 bits per heavy atom. The molecule has 100 valence electrons. The molecule has 0 aliphatic heterocycles. The van der Waals surface area contributed by atoms with Crippen LogP contribution >= 0.6 is 0 Å². The lowest BCUT2D eigenvalue weighted by Crippen LogP contribution is -2.46. The quantitative estimate of drug-likeness (QED) is 0.882. The molecule has 0 atom stereocenters. The Morgan fingerprint density at radius 3 is 2.33 bits per heavy atom. The highest BCUT2D eigenvalue weighted by Crippen LogP contribution is 2.21. The largest absolute Gasteiger partial charge is 0.481 e. The van der Waals surface area contributed by atoms with Gasteiger partial charge in [-0.15, -0.1) is 0 Å². The average molecular weight is 254 g/mol. The third-order valence-electron chi connectivity index (χ3n) is 2.89. The van der Waals surface area contributed by atoms with Gasteiger partial charge in [-0.3, -0.25) is 9.59 Å². The first-order chi connectivity index (χ1) is 8.15. The molecule has 0 aromatic carbocycles. The van der Waals surface area contributed by atoms with E-state index in [1.807, 2.05) is 0 Å². The lowest BCUT2D eigenvalue weighted by molar-refractivity contribution is -0.139. The third-order valence-corrected chi connectivity index (χ3v) is 2.89. The van der Waals surface area contributed by atoms with Gasteiger partial charge in [0, 0.05) is 19.5 Å². The second kappa shape index (κ2) is 4.80. The number of rotatable bonds is 4.